The molecule has 0 amide bonds. The lowest BCUT2D eigenvalue weighted by Crippen LogP contribution is -2.26. The Kier molecular flexibility index (Phi) is 8.16. The Morgan fingerprint density at radius 2 is 2.03 bits per heavy atom. The summed E-state index contributed by atoms with van der Waals surface area (Å²) in [6.45, 7) is 12.4. The number of ether oxygens (including phenoxy) is 1. The van der Waals surface area contributed by atoms with Crippen LogP contribution in [0.25, 0.3) is 16.6 Å². The molecular weight excluding hydrogens is 486 g/mol. The second-order valence-electron chi connectivity index (χ2n) is 10.8. The Balaban J connectivity index is 1.68. The van der Waals surface area contributed by atoms with E-state index in [4.69, 9.17) is 15.5 Å². The Hall–Kier alpha value is -2.69. The normalized spacial score (nSPS) is 15.2. The third-order valence-electron chi connectivity index (χ3n) is 6.07. The van der Waals surface area contributed by atoms with Gasteiger partial charge in [0, 0.05) is 56.9 Å². The molecule has 2 N–H and O–H groups in total. The number of hydrogen-bond donors (Lipinski definition) is 1. The highest BCUT2D eigenvalue weighted by atomic mass is 32.1. The van der Waals surface area contributed by atoms with Crippen LogP contribution in [-0.2, 0) is 4.74 Å². The number of aromatic nitrogens is 4. The summed E-state index contributed by atoms with van der Waals surface area (Å²) >= 11 is 1.58. The van der Waals surface area contributed by atoms with Gasteiger partial charge in [-0.15, -0.1) is 10.2 Å². The SMILES string of the molecule is CN=CC(=C(N)C1CC1)c1cnc2ccc(N(COCC[Si](C)(C)C)c3nnc(C(C)C)s3)nc2c1. The van der Waals surface area contributed by atoms with Gasteiger partial charge in [0.05, 0.1) is 11.0 Å². The molecule has 0 radical (unpaired) electrons. The van der Waals surface area contributed by atoms with E-state index >= 15 is 0 Å². The molecule has 3 aromatic rings. The molecule has 10 heteroatoms. The third kappa shape index (κ3) is 6.54. The number of rotatable bonds is 11. The fourth-order valence-corrected chi connectivity index (χ4v) is 5.27. The summed E-state index contributed by atoms with van der Waals surface area (Å²) in [5, 5.41) is 10.6. The van der Waals surface area contributed by atoms with Gasteiger partial charge in [-0.3, -0.25) is 14.9 Å². The third-order valence-corrected chi connectivity index (χ3v) is 9.02. The number of fused-ring (bicyclic) bond motifs is 1. The second kappa shape index (κ2) is 11.1. The zero-order valence-electron chi connectivity index (χ0n) is 22.2. The molecule has 1 fully saturated rings. The number of nitrogens with two attached hydrogens (primary N) is 1. The molecule has 1 saturated carbocycles. The molecular formula is C26H37N7OSSi. The Morgan fingerprint density at radius 3 is 2.67 bits per heavy atom. The van der Waals surface area contributed by atoms with Crippen LogP contribution in [0.3, 0.4) is 0 Å². The Labute approximate surface area is 218 Å². The van der Waals surface area contributed by atoms with Crippen LogP contribution < -0.4 is 10.6 Å². The minimum atomic E-state index is -1.19. The topological polar surface area (TPSA) is 102 Å². The van der Waals surface area contributed by atoms with Gasteiger partial charge in [-0.1, -0.05) is 44.8 Å². The van der Waals surface area contributed by atoms with Crippen LogP contribution in [0.15, 0.2) is 35.1 Å². The summed E-state index contributed by atoms with van der Waals surface area (Å²) in [7, 11) is 0.572. The lowest BCUT2D eigenvalue weighted by atomic mass is 10.0. The van der Waals surface area contributed by atoms with Gasteiger partial charge in [-0.05, 0) is 43.0 Å². The number of aliphatic imine (C=N–C) groups is 1. The zero-order chi connectivity index (χ0) is 25.9. The van der Waals surface area contributed by atoms with Crippen molar-refractivity contribution in [3.05, 3.63) is 40.7 Å². The summed E-state index contributed by atoms with van der Waals surface area (Å²) in [6, 6.07) is 7.10. The highest BCUT2D eigenvalue weighted by Gasteiger charge is 2.27. The van der Waals surface area contributed by atoms with E-state index in [9.17, 15) is 0 Å². The molecule has 8 nitrogen and oxygen atoms in total. The van der Waals surface area contributed by atoms with E-state index < -0.39 is 8.07 Å². The average molecular weight is 524 g/mol. The molecule has 192 valence electrons. The van der Waals surface area contributed by atoms with E-state index in [2.05, 4.69) is 53.7 Å². The van der Waals surface area contributed by atoms with E-state index in [0.29, 0.717) is 25.2 Å². The van der Waals surface area contributed by atoms with Gasteiger partial charge in [-0.25, -0.2) is 4.98 Å². The predicted molar refractivity (Wildman–Crippen MR) is 153 cm³/mol. The highest BCUT2D eigenvalue weighted by molar-refractivity contribution is 7.15. The van der Waals surface area contributed by atoms with E-state index in [0.717, 1.165) is 62.7 Å². The first-order valence-corrected chi connectivity index (χ1v) is 17.1. The van der Waals surface area contributed by atoms with Crippen molar-refractivity contribution in [2.24, 2.45) is 16.6 Å². The lowest BCUT2D eigenvalue weighted by Gasteiger charge is -2.22. The summed E-state index contributed by atoms with van der Waals surface area (Å²) in [4.78, 5) is 15.9. The van der Waals surface area contributed by atoms with Gasteiger partial charge in [-0.2, -0.15) is 0 Å². The van der Waals surface area contributed by atoms with Crippen LogP contribution in [0, 0.1) is 5.92 Å². The van der Waals surface area contributed by atoms with Crippen LogP contribution >= 0.6 is 11.3 Å². The molecule has 0 aliphatic heterocycles. The van der Waals surface area contributed by atoms with Crippen molar-refractivity contribution in [2.75, 3.05) is 25.3 Å². The molecule has 4 rings (SSSR count). The summed E-state index contributed by atoms with van der Waals surface area (Å²) in [5.74, 6) is 1.50. The number of hydrogen-bond acceptors (Lipinski definition) is 9. The van der Waals surface area contributed by atoms with Crippen molar-refractivity contribution in [3.63, 3.8) is 0 Å². The van der Waals surface area contributed by atoms with E-state index in [-0.39, 0.29) is 0 Å². The van der Waals surface area contributed by atoms with Gasteiger partial charge in [0.2, 0.25) is 5.13 Å². The summed E-state index contributed by atoms with van der Waals surface area (Å²) in [6.07, 6.45) is 5.94. The average Bonchev–Trinajstić information content (AvgIpc) is 3.57. The molecule has 0 unspecified atom stereocenters. The first kappa shape index (κ1) is 26.4. The van der Waals surface area contributed by atoms with Gasteiger partial charge in [0.15, 0.2) is 0 Å². The van der Waals surface area contributed by atoms with E-state index in [1.807, 2.05) is 35.5 Å². The number of allylic oxidation sites excluding steroid dienone is 2. The summed E-state index contributed by atoms with van der Waals surface area (Å²) < 4.78 is 6.12. The van der Waals surface area contributed by atoms with Gasteiger partial charge >= 0.3 is 0 Å². The Morgan fingerprint density at radius 1 is 1.25 bits per heavy atom. The minimum Gasteiger partial charge on any atom is -0.401 e. The predicted octanol–water partition coefficient (Wildman–Crippen LogP) is 5.84. The van der Waals surface area contributed by atoms with Gasteiger partial charge < -0.3 is 10.5 Å². The largest absolute Gasteiger partial charge is 0.401 e. The standard InChI is InChI=1S/C26H37N7OSSi/c1-17(2)25-31-32-26(35-25)33(16-34-11-12-36(4,5)6)23-10-9-21-22(30-23)13-19(14-29-21)20(15-28-3)24(27)18-7-8-18/h9-10,13-15,17-18H,7-8,11-12,16,27H2,1-6H3. The number of anilines is 2. The van der Waals surface area contributed by atoms with Crippen molar-refractivity contribution in [1.29, 1.82) is 0 Å². The first-order chi connectivity index (χ1) is 17.2. The van der Waals surface area contributed by atoms with Crippen LogP contribution in [-0.4, -0.2) is 54.8 Å². The van der Waals surface area contributed by atoms with Crippen molar-refractivity contribution in [3.8, 4) is 0 Å². The molecule has 36 heavy (non-hydrogen) atoms. The van der Waals surface area contributed by atoms with E-state index in [1.165, 1.54) is 0 Å². The molecule has 0 saturated heterocycles. The molecule has 0 aromatic carbocycles. The van der Waals surface area contributed by atoms with Gasteiger partial charge in [0.1, 0.15) is 17.6 Å². The van der Waals surface area contributed by atoms with Gasteiger partial charge in [0.25, 0.3) is 0 Å². The van der Waals surface area contributed by atoms with E-state index in [1.54, 1.807) is 18.4 Å². The van der Waals surface area contributed by atoms with Crippen molar-refractivity contribution >= 4 is 53.2 Å². The molecule has 3 heterocycles. The molecule has 1 aliphatic rings. The fraction of sp³-hybridized carbons (Fsp3) is 0.500. The second-order valence-corrected chi connectivity index (χ2v) is 17.4. The Bertz CT molecular complexity index is 1260. The molecule has 0 spiro atoms. The minimum absolute atomic E-state index is 0.310. The van der Waals surface area contributed by atoms with Crippen LogP contribution in [0.1, 0.15) is 43.2 Å². The highest BCUT2D eigenvalue weighted by Crippen LogP contribution is 2.37. The van der Waals surface area contributed by atoms with Crippen LogP contribution in [0.5, 0.6) is 0 Å². The molecule has 3 aromatic heterocycles. The number of pyridine rings is 2. The first-order valence-electron chi connectivity index (χ1n) is 12.5. The quantitative estimate of drug-likeness (QED) is 0.146. The molecule has 1 aliphatic carbocycles. The fourth-order valence-electron chi connectivity index (χ4n) is 3.67. The maximum Gasteiger partial charge on any atom is 0.215 e. The maximum atomic E-state index is 6.47. The zero-order valence-corrected chi connectivity index (χ0v) is 24.0. The van der Waals surface area contributed by atoms with Crippen LogP contribution in [0.2, 0.25) is 25.7 Å². The lowest BCUT2D eigenvalue weighted by molar-refractivity contribution is 0.153. The van der Waals surface area contributed by atoms with Crippen molar-refractivity contribution in [2.45, 2.75) is 58.3 Å². The maximum absolute atomic E-state index is 6.47. The van der Waals surface area contributed by atoms with Crippen molar-refractivity contribution < 1.29 is 4.74 Å². The van der Waals surface area contributed by atoms with Crippen LogP contribution in [0.4, 0.5) is 10.9 Å². The monoisotopic (exact) mass is 523 g/mol. The smallest absolute Gasteiger partial charge is 0.215 e. The summed E-state index contributed by atoms with van der Waals surface area (Å²) in [5.41, 5.74) is 10.8. The number of nitrogens with zero attached hydrogens (tertiary/aromatic N) is 6. The molecule has 0 atom stereocenters. The van der Waals surface area contributed by atoms with Crippen molar-refractivity contribution in [1.82, 2.24) is 20.2 Å². The molecule has 0 bridgehead atoms.